The molecule has 32 heavy (non-hydrogen) atoms. The van der Waals surface area contributed by atoms with Gasteiger partial charge in [0.2, 0.25) is 0 Å². The number of para-hydroxylation sites is 2. The minimum atomic E-state index is -0.523. The number of nitrogens with one attached hydrogen (secondary N) is 3. The third-order valence-corrected chi connectivity index (χ3v) is 6.21. The third kappa shape index (κ3) is 4.58. The number of anilines is 2. The molecular formula is C23H26BrN4O4+. The Balaban J connectivity index is 1.43. The van der Waals surface area contributed by atoms with Gasteiger partial charge in [-0.15, -0.1) is 0 Å². The Morgan fingerprint density at radius 2 is 1.91 bits per heavy atom. The van der Waals surface area contributed by atoms with Crippen molar-refractivity contribution in [2.24, 2.45) is 0 Å². The summed E-state index contributed by atoms with van der Waals surface area (Å²) in [5.74, 6) is 0.191. The molecule has 3 aromatic rings. The zero-order valence-electron chi connectivity index (χ0n) is 18.0. The van der Waals surface area contributed by atoms with Gasteiger partial charge in [0, 0.05) is 15.4 Å². The first-order valence-corrected chi connectivity index (χ1v) is 11.2. The number of aromatic amines is 1. The Morgan fingerprint density at radius 1 is 1.16 bits per heavy atom. The van der Waals surface area contributed by atoms with Gasteiger partial charge in [0.25, 0.3) is 5.91 Å². The molecule has 1 saturated heterocycles. The molecule has 1 fully saturated rings. The van der Waals surface area contributed by atoms with Crippen molar-refractivity contribution in [1.82, 2.24) is 4.98 Å². The monoisotopic (exact) mass is 501 g/mol. The van der Waals surface area contributed by atoms with Crippen molar-refractivity contribution in [2.45, 2.75) is 0 Å². The van der Waals surface area contributed by atoms with E-state index in [9.17, 15) is 9.59 Å². The molecule has 2 heterocycles. The van der Waals surface area contributed by atoms with Crippen LogP contribution in [-0.4, -0.2) is 63.8 Å². The molecule has 2 aromatic carbocycles. The lowest BCUT2D eigenvalue weighted by atomic mass is 10.2. The van der Waals surface area contributed by atoms with Gasteiger partial charge in [-0.3, -0.25) is 4.79 Å². The number of nitrogens with zero attached hydrogens (tertiary/aromatic N) is 1. The van der Waals surface area contributed by atoms with Gasteiger partial charge in [-0.05, 0) is 30.3 Å². The van der Waals surface area contributed by atoms with Crippen LogP contribution in [0.5, 0.6) is 5.75 Å². The van der Waals surface area contributed by atoms with E-state index in [4.69, 9.17) is 9.47 Å². The Labute approximate surface area is 194 Å². The lowest BCUT2D eigenvalue weighted by molar-refractivity contribution is -0.892. The summed E-state index contributed by atoms with van der Waals surface area (Å²) in [7, 11) is 3.00. The fourth-order valence-corrected chi connectivity index (χ4v) is 4.45. The highest BCUT2D eigenvalue weighted by Gasteiger charge is 2.26. The quantitative estimate of drug-likeness (QED) is 0.450. The molecule has 0 saturated carbocycles. The van der Waals surface area contributed by atoms with E-state index >= 15 is 0 Å². The lowest BCUT2D eigenvalue weighted by Crippen LogP contribution is -3.15. The normalized spacial score (nSPS) is 14.4. The Bertz CT molecular complexity index is 1140. The van der Waals surface area contributed by atoms with Gasteiger partial charge in [0.05, 0.1) is 51.8 Å². The summed E-state index contributed by atoms with van der Waals surface area (Å²) in [6.07, 6.45) is 0. The van der Waals surface area contributed by atoms with Crippen LogP contribution in [0, 0.1) is 0 Å². The molecule has 4 rings (SSSR count). The summed E-state index contributed by atoms with van der Waals surface area (Å²) in [6, 6.07) is 13.6. The number of halogens is 1. The van der Waals surface area contributed by atoms with E-state index in [-0.39, 0.29) is 11.6 Å². The van der Waals surface area contributed by atoms with E-state index in [1.807, 2.05) is 36.4 Å². The van der Waals surface area contributed by atoms with E-state index in [2.05, 4.69) is 37.2 Å². The number of H-pyrrole nitrogens is 1. The number of ether oxygens (including phenoxy) is 2. The molecule has 0 bridgehead atoms. The highest BCUT2D eigenvalue weighted by atomic mass is 79.9. The summed E-state index contributed by atoms with van der Waals surface area (Å²) < 4.78 is 11.2. The summed E-state index contributed by atoms with van der Waals surface area (Å²) in [4.78, 5) is 31.6. The van der Waals surface area contributed by atoms with E-state index < -0.39 is 5.97 Å². The highest BCUT2D eigenvalue weighted by Crippen LogP contribution is 2.31. The largest absolute Gasteiger partial charge is 0.495 e. The molecule has 168 valence electrons. The van der Waals surface area contributed by atoms with E-state index in [0.717, 1.165) is 53.0 Å². The summed E-state index contributed by atoms with van der Waals surface area (Å²) in [6.45, 7) is 3.64. The Hall–Kier alpha value is -3.04. The molecule has 1 aliphatic rings. The molecule has 0 unspecified atom stereocenters. The molecular weight excluding hydrogens is 476 g/mol. The van der Waals surface area contributed by atoms with Crippen LogP contribution in [0.2, 0.25) is 0 Å². The van der Waals surface area contributed by atoms with Gasteiger partial charge in [-0.1, -0.05) is 28.1 Å². The van der Waals surface area contributed by atoms with Crippen LogP contribution in [0.15, 0.2) is 46.9 Å². The average Bonchev–Trinajstić information content (AvgIpc) is 3.16. The number of piperazine rings is 1. The molecule has 0 radical (unpaired) electrons. The summed E-state index contributed by atoms with van der Waals surface area (Å²) >= 11 is 3.45. The van der Waals surface area contributed by atoms with Crippen LogP contribution >= 0.6 is 15.9 Å². The van der Waals surface area contributed by atoms with E-state index in [0.29, 0.717) is 12.2 Å². The second kappa shape index (κ2) is 9.62. The number of quaternary nitrogens is 1. The number of aromatic nitrogens is 1. The maximum atomic E-state index is 12.9. The van der Waals surface area contributed by atoms with E-state index in [1.54, 1.807) is 7.11 Å². The maximum absolute atomic E-state index is 12.9. The molecule has 1 aliphatic heterocycles. The van der Waals surface area contributed by atoms with Gasteiger partial charge in [0.15, 0.2) is 6.54 Å². The van der Waals surface area contributed by atoms with Gasteiger partial charge in [-0.2, -0.15) is 0 Å². The number of hydrogen-bond acceptors (Lipinski definition) is 5. The first kappa shape index (κ1) is 22.2. The van der Waals surface area contributed by atoms with Crippen molar-refractivity contribution < 1.29 is 24.0 Å². The predicted molar refractivity (Wildman–Crippen MR) is 127 cm³/mol. The predicted octanol–water partition coefficient (Wildman–Crippen LogP) is 2.07. The average molecular weight is 502 g/mol. The summed E-state index contributed by atoms with van der Waals surface area (Å²) in [5, 5.41) is 3.69. The van der Waals surface area contributed by atoms with Crippen LogP contribution < -0.4 is 19.9 Å². The van der Waals surface area contributed by atoms with Crippen LogP contribution in [0.3, 0.4) is 0 Å². The second-order valence-electron chi connectivity index (χ2n) is 7.69. The van der Waals surface area contributed by atoms with Crippen molar-refractivity contribution in [3.05, 3.63) is 52.6 Å². The Morgan fingerprint density at radius 3 is 2.62 bits per heavy atom. The molecule has 8 nitrogen and oxygen atoms in total. The molecule has 0 atom stereocenters. The van der Waals surface area contributed by atoms with Gasteiger partial charge < -0.3 is 29.6 Å². The number of hydrogen-bond donors (Lipinski definition) is 3. The van der Waals surface area contributed by atoms with Crippen LogP contribution in [0.4, 0.5) is 11.4 Å². The van der Waals surface area contributed by atoms with Gasteiger partial charge in [0.1, 0.15) is 11.4 Å². The zero-order chi connectivity index (χ0) is 22.7. The fourth-order valence-electron chi connectivity index (χ4n) is 4.09. The summed E-state index contributed by atoms with van der Waals surface area (Å²) in [5.41, 5.74) is 2.52. The SMILES string of the molecule is COC(=O)c1[nH]c2ccc(Br)cc2c1NC(=O)C[NH+]1CCN(c2ccccc2OC)CC1. The smallest absolute Gasteiger partial charge is 0.356 e. The van der Waals surface area contributed by atoms with Crippen LogP contribution in [0.25, 0.3) is 10.9 Å². The van der Waals surface area contributed by atoms with Crippen LogP contribution in [0.1, 0.15) is 10.5 Å². The first-order chi connectivity index (χ1) is 15.5. The van der Waals surface area contributed by atoms with Crippen LogP contribution in [-0.2, 0) is 9.53 Å². The highest BCUT2D eigenvalue weighted by molar-refractivity contribution is 9.10. The second-order valence-corrected chi connectivity index (χ2v) is 8.61. The topological polar surface area (TPSA) is 88.1 Å². The maximum Gasteiger partial charge on any atom is 0.356 e. The van der Waals surface area contributed by atoms with Crippen molar-refractivity contribution in [3.8, 4) is 5.75 Å². The minimum absolute atomic E-state index is 0.142. The van der Waals surface area contributed by atoms with Crippen molar-refractivity contribution in [1.29, 1.82) is 0 Å². The number of carbonyl (C=O) groups excluding carboxylic acids is 2. The molecule has 0 aliphatic carbocycles. The Kier molecular flexibility index (Phi) is 6.66. The van der Waals surface area contributed by atoms with Gasteiger partial charge >= 0.3 is 5.97 Å². The molecule has 9 heteroatoms. The van der Waals surface area contributed by atoms with E-state index in [1.165, 1.54) is 12.0 Å². The molecule has 0 spiro atoms. The number of carbonyl (C=O) groups is 2. The zero-order valence-corrected chi connectivity index (χ0v) is 19.6. The number of rotatable bonds is 6. The standard InChI is InChI=1S/C23H25BrN4O4/c1-31-19-6-4-3-5-18(19)28-11-9-27(10-12-28)14-20(29)26-21-16-13-15(24)7-8-17(16)25-22(21)23(30)32-2/h3-8,13,25H,9-12,14H2,1-2H3,(H,26,29)/p+1. The number of fused-ring (bicyclic) bond motifs is 1. The minimum Gasteiger partial charge on any atom is -0.495 e. The number of methoxy groups -OCH3 is 2. The lowest BCUT2D eigenvalue weighted by Gasteiger charge is -2.34. The first-order valence-electron chi connectivity index (χ1n) is 10.4. The molecule has 3 N–H and O–H groups in total. The van der Waals surface area contributed by atoms with Crippen molar-refractivity contribution >= 4 is 50.1 Å². The number of esters is 1. The van der Waals surface area contributed by atoms with Crippen molar-refractivity contribution in [3.63, 3.8) is 0 Å². The van der Waals surface area contributed by atoms with Gasteiger partial charge in [-0.25, -0.2) is 4.79 Å². The molecule has 1 amide bonds. The number of benzene rings is 2. The third-order valence-electron chi connectivity index (χ3n) is 5.72. The fraction of sp³-hybridized carbons (Fsp3) is 0.304. The molecule has 1 aromatic heterocycles. The van der Waals surface area contributed by atoms with Crippen molar-refractivity contribution in [2.75, 3.05) is 57.2 Å². The number of amides is 1.